The Balaban J connectivity index is 2.29. The minimum atomic E-state index is -3.16. The molecule has 0 N–H and O–H groups in total. The van der Waals surface area contributed by atoms with E-state index in [9.17, 15) is 8.42 Å². The van der Waals surface area contributed by atoms with E-state index in [0.29, 0.717) is 31.1 Å². The second-order valence-corrected chi connectivity index (χ2v) is 7.63. The number of hydrogen-bond donors (Lipinski definition) is 0. The second kappa shape index (κ2) is 6.85. The van der Waals surface area contributed by atoms with Gasteiger partial charge in [0.05, 0.1) is 20.0 Å². The van der Waals surface area contributed by atoms with Crippen molar-refractivity contribution in [1.82, 2.24) is 9.21 Å². The molecule has 1 aromatic rings. The first kappa shape index (κ1) is 17.1. The van der Waals surface area contributed by atoms with Crippen LogP contribution in [0.25, 0.3) is 0 Å². The van der Waals surface area contributed by atoms with Gasteiger partial charge in [0.25, 0.3) is 0 Å². The molecule has 7 heteroatoms. The molecule has 1 saturated heterocycles. The van der Waals surface area contributed by atoms with Gasteiger partial charge in [-0.25, -0.2) is 8.42 Å². The fourth-order valence-electron chi connectivity index (χ4n) is 2.70. The van der Waals surface area contributed by atoms with Crippen LogP contribution in [0.4, 0.5) is 0 Å². The zero-order valence-electron chi connectivity index (χ0n) is 13.6. The van der Waals surface area contributed by atoms with Crippen LogP contribution in [0.5, 0.6) is 11.5 Å². The molecule has 0 spiro atoms. The van der Waals surface area contributed by atoms with Crippen LogP contribution >= 0.6 is 0 Å². The van der Waals surface area contributed by atoms with E-state index in [1.54, 1.807) is 25.4 Å². The molecule has 1 fully saturated rings. The summed E-state index contributed by atoms with van der Waals surface area (Å²) in [5.41, 5.74) is 1.02. The van der Waals surface area contributed by atoms with Crippen molar-refractivity contribution in [3.63, 3.8) is 0 Å². The molecule has 1 heterocycles. The number of likely N-dealkylation sites (N-methyl/N-ethyl adjacent to an activating group) is 1. The van der Waals surface area contributed by atoms with Crippen molar-refractivity contribution in [1.29, 1.82) is 0 Å². The van der Waals surface area contributed by atoms with E-state index >= 15 is 0 Å². The third-order valence-corrected chi connectivity index (χ3v) is 6.01. The number of hydrogen-bond acceptors (Lipinski definition) is 5. The van der Waals surface area contributed by atoms with E-state index in [1.807, 2.05) is 25.2 Å². The summed E-state index contributed by atoms with van der Waals surface area (Å²) >= 11 is 0. The highest BCUT2D eigenvalue weighted by atomic mass is 32.2. The van der Waals surface area contributed by atoms with Crippen LogP contribution in [0.3, 0.4) is 0 Å². The normalized spacial score (nSPS) is 20.8. The van der Waals surface area contributed by atoms with Gasteiger partial charge >= 0.3 is 0 Å². The molecule has 1 aliphatic rings. The van der Waals surface area contributed by atoms with Gasteiger partial charge in [0.2, 0.25) is 10.0 Å². The summed E-state index contributed by atoms with van der Waals surface area (Å²) in [6.07, 6.45) is 0. The van der Waals surface area contributed by atoms with Crippen LogP contribution in [-0.2, 0) is 10.0 Å². The van der Waals surface area contributed by atoms with Crippen LogP contribution in [0.1, 0.15) is 18.5 Å². The maximum atomic E-state index is 12.1. The van der Waals surface area contributed by atoms with Gasteiger partial charge in [0.1, 0.15) is 0 Å². The molecule has 0 saturated carbocycles. The molecule has 0 aromatic heterocycles. The number of benzene rings is 1. The average Bonchev–Trinajstić information content (AvgIpc) is 2.54. The Kier molecular flexibility index (Phi) is 5.31. The van der Waals surface area contributed by atoms with Gasteiger partial charge in [0, 0.05) is 25.7 Å². The van der Waals surface area contributed by atoms with Gasteiger partial charge in [-0.2, -0.15) is 4.31 Å². The van der Waals surface area contributed by atoms with Crippen LogP contribution in [0.15, 0.2) is 18.2 Å². The van der Waals surface area contributed by atoms with Gasteiger partial charge in [-0.1, -0.05) is 6.07 Å². The van der Waals surface area contributed by atoms with Crippen molar-refractivity contribution >= 4 is 10.0 Å². The first-order valence-electron chi connectivity index (χ1n) is 7.33. The fourth-order valence-corrected chi connectivity index (χ4v) is 3.80. The van der Waals surface area contributed by atoms with Gasteiger partial charge in [0.15, 0.2) is 11.5 Å². The van der Waals surface area contributed by atoms with E-state index in [-0.39, 0.29) is 11.8 Å². The predicted octanol–water partition coefficient (Wildman–Crippen LogP) is 1.34. The Morgan fingerprint density at radius 3 is 2.45 bits per heavy atom. The van der Waals surface area contributed by atoms with E-state index < -0.39 is 10.0 Å². The minimum Gasteiger partial charge on any atom is -0.493 e. The molecule has 0 radical (unpaired) electrons. The first-order chi connectivity index (χ1) is 10.4. The monoisotopic (exact) mass is 328 g/mol. The molecule has 6 nitrogen and oxygen atoms in total. The molecule has 1 atom stereocenters. The minimum absolute atomic E-state index is 0.00915. The highest BCUT2D eigenvalue weighted by Crippen LogP contribution is 2.33. The number of rotatable bonds is 5. The topological polar surface area (TPSA) is 59.1 Å². The summed E-state index contributed by atoms with van der Waals surface area (Å²) in [7, 11) is 2.04. The molecule has 0 aliphatic carbocycles. The molecular formula is C15H24N2O4S. The van der Waals surface area contributed by atoms with Gasteiger partial charge in [-0.15, -0.1) is 0 Å². The summed E-state index contributed by atoms with van der Waals surface area (Å²) < 4.78 is 36.4. The van der Waals surface area contributed by atoms with Crippen LogP contribution < -0.4 is 9.47 Å². The molecule has 1 aromatic carbocycles. The maximum Gasteiger partial charge on any atom is 0.213 e. The number of piperazine rings is 1. The Morgan fingerprint density at radius 1 is 1.18 bits per heavy atom. The van der Waals surface area contributed by atoms with E-state index in [1.165, 1.54) is 0 Å². The largest absolute Gasteiger partial charge is 0.493 e. The van der Waals surface area contributed by atoms with Crippen molar-refractivity contribution in [2.75, 3.05) is 46.7 Å². The van der Waals surface area contributed by atoms with Crippen LogP contribution in [-0.4, -0.2) is 64.3 Å². The summed E-state index contributed by atoms with van der Waals surface area (Å²) in [6, 6.07) is 5.75. The van der Waals surface area contributed by atoms with Crippen molar-refractivity contribution < 1.29 is 17.9 Å². The van der Waals surface area contributed by atoms with Crippen molar-refractivity contribution in [2.24, 2.45) is 0 Å². The molecular weight excluding hydrogens is 304 g/mol. The lowest BCUT2D eigenvalue weighted by Crippen LogP contribution is -2.49. The second-order valence-electron chi connectivity index (χ2n) is 5.37. The average molecular weight is 328 g/mol. The molecule has 2 rings (SSSR count). The highest BCUT2D eigenvalue weighted by molar-refractivity contribution is 7.89. The smallest absolute Gasteiger partial charge is 0.213 e. The Hall–Kier alpha value is -1.31. The summed E-state index contributed by atoms with van der Waals surface area (Å²) in [4.78, 5) is 2.17. The lowest BCUT2D eigenvalue weighted by molar-refractivity contribution is 0.148. The zero-order valence-corrected chi connectivity index (χ0v) is 14.4. The van der Waals surface area contributed by atoms with Crippen LogP contribution in [0.2, 0.25) is 0 Å². The number of ether oxygens (including phenoxy) is 2. The Bertz CT molecular complexity index is 618. The van der Waals surface area contributed by atoms with E-state index in [4.69, 9.17) is 9.47 Å². The summed E-state index contributed by atoms with van der Waals surface area (Å²) in [5.74, 6) is 1.46. The SMILES string of the molecule is CCS(=O)(=O)N1CCN(C)C(c2ccc(OC)c(OC)c2)C1. The lowest BCUT2D eigenvalue weighted by Gasteiger charge is -2.39. The highest BCUT2D eigenvalue weighted by Gasteiger charge is 2.31. The molecule has 22 heavy (non-hydrogen) atoms. The van der Waals surface area contributed by atoms with Crippen molar-refractivity contribution in [2.45, 2.75) is 13.0 Å². The molecule has 124 valence electrons. The third-order valence-electron chi connectivity index (χ3n) is 4.16. The lowest BCUT2D eigenvalue weighted by atomic mass is 10.0. The van der Waals surface area contributed by atoms with Gasteiger partial charge in [-0.05, 0) is 31.7 Å². The molecule has 1 unspecified atom stereocenters. The van der Waals surface area contributed by atoms with E-state index in [2.05, 4.69) is 4.90 Å². The zero-order chi connectivity index (χ0) is 16.3. The van der Waals surface area contributed by atoms with Crippen molar-refractivity contribution in [3.05, 3.63) is 23.8 Å². The Labute approximate surface area is 132 Å². The number of sulfonamides is 1. The maximum absolute atomic E-state index is 12.1. The predicted molar refractivity (Wildman–Crippen MR) is 86.0 cm³/mol. The van der Waals surface area contributed by atoms with Gasteiger partial charge in [-0.3, -0.25) is 4.90 Å². The third kappa shape index (κ3) is 3.37. The van der Waals surface area contributed by atoms with Crippen molar-refractivity contribution in [3.8, 4) is 11.5 Å². The summed E-state index contributed by atoms with van der Waals surface area (Å²) in [5, 5.41) is 0. The fraction of sp³-hybridized carbons (Fsp3) is 0.600. The molecule has 0 amide bonds. The number of nitrogens with zero attached hydrogens (tertiary/aromatic N) is 2. The first-order valence-corrected chi connectivity index (χ1v) is 8.93. The van der Waals surface area contributed by atoms with Crippen LogP contribution in [0, 0.1) is 0 Å². The quantitative estimate of drug-likeness (QED) is 0.816. The number of methoxy groups -OCH3 is 2. The molecule has 1 aliphatic heterocycles. The Morgan fingerprint density at radius 2 is 1.86 bits per heavy atom. The molecule has 0 bridgehead atoms. The van der Waals surface area contributed by atoms with E-state index in [0.717, 1.165) is 5.56 Å². The van der Waals surface area contributed by atoms with Gasteiger partial charge < -0.3 is 9.47 Å². The summed E-state index contributed by atoms with van der Waals surface area (Å²) in [6.45, 7) is 3.38. The standard InChI is InChI=1S/C15H24N2O4S/c1-5-22(18,19)17-9-8-16(2)13(11-17)12-6-7-14(20-3)15(10-12)21-4/h6-7,10,13H,5,8-9,11H2,1-4H3.